The van der Waals surface area contributed by atoms with Crippen LogP contribution in [-0.2, 0) is 10.0 Å². The summed E-state index contributed by atoms with van der Waals surface area (Å²) < 4.78 is 28.2. The molecule has 1 heterocycles. The van der Waals surface area contributed by atoms with E-state index in [2.05, 4.69) is 4.72 Å². The van der Waals surface area contributed by atoms with Gasteiger partial charge in [0.25, 0.3) is 5.91 Å². The zero-order valence-corrected chi connectivity index (χ0v) is 17.0. The van der Waals surface area contributed by atoms with Crippen LogP contribution in [0.3, 0.4) is 0 Å². The lowest BCUT2D eigenvalue weighted by Crippen LogP contribution is -2.46. The minimum atomic E-state index is -3.57. The highest BCUT2D eigenvalue weighted by Crippen LogP contribution is 2.20. The third-order valence-electron chi connectivity index (χ3n) is 4.80. The average molecular weight is 407 g/mol. The van der Waals surface area contributed by atoms with Gasteiger partial charge in [0.2, 0.25) is 10.0 Å². The lowest BCUT2D eigenvalue weighted by atomic mass is 10.0. The SMILES string of the molecule is Cc1ccc(S(=O)(=O)NC2CCN(C(=O)c3cccc(Cl)c3)CC2)c(C)c1. The van der Waals surface area contributed by atoms with E-state index in [-0.39, 0.29) is 11.9 Å². The van der Waals surface area contributed by atoms with Gasteiger partial charge in [-0.15, -0.1) is 0 Å². The molecule has 0 saturated carbocycles. The van der Waals surface area contributed by atoms with Crippen molar-refractivity contribution in [3.8, 4) is 0 Å². The molecule has 1 amide bonds. The Bertz CT molecular complexity index is 951. The molecule has 27 heavy (non-hydrogen) atoms. The zero-order chi connectivity index (χ0) is 19.6. The summed E-state index contributed by atoms with van der Waals surface area (Å²) in [6, 6.07) is 12.0. The highest BCUT2D eigenvalue weighted by molar-refractivity contribution is 7.89. The van der Waals surface area contributed by atoms with Crippen molar-refractivity contribution in [2.24, 2.45) is 0 Å². The zero-order valence-electron chi connectivity index (χ0n) is 15.4. The van der Waals surface area contributed by atoms with Crippen molar-refractivity contribution in [1.82, 2.24) is 9.62 Å². The number of carbonyl (C=O) groups excluding carboxylic acids is 1. The molecule has 7 heteroatoms. The maximum absolute atomic E-state index is 12.7. The number of aryl methyl sites for hydroxylation is 2. The second-order valence-corrected chi connectivity index (χ2v) is 9.09. The van der Waals surface area contributed by atoms with Crippen molar-refractivity contribution in [3.63, 3.8) is 0 Å². The van der Waals surface area contributed by atoms with Gasteiger partial charge in [0.1, 0.15) is 0 Å². The molecule has 2 aromatic rings. The molecule has 0 aromatic heterocycles. The first-order chi connectivity index (χ1) is 12.8. The van der Waals surface area contributed by atoms with Crippen LogP contribution in [-0.4, -0.2) is 38.4 Å². The number of carbonyl (C=O) groups is 1. The molecule has 0 radical (unpaired) electrons. The lowest BCUT2D eigenvalue weighted by molar-refractivity contribution is 0.0711. The van der Waals surface area contributed by atoms with Gasteiger partial charge in [0.15, 0.2) is 0 Å². The van der Waals surface area contributed by atoms with Crippen LogP contribution in [0.25, 0.3) is 0 Å². The second-order valence-electron chi connectivity index (χ2n) is 6.97. The van der Waals surface area contributed by atoms with Crippen LogP contribution >= 0.6 is 11.6 Å². The molecule has 3 rings (SSSR count). The molecule has 5 nitrogen and oxygen atoms in total. The lowest BCUT2D eigenvalue weighted by Gasteiger charge is -2.32. The first kappa shape index (κ1) is 19.9. The molecule has 0 bridgehead atoms. The summed E-state index contributed by atoms with van der Waals surface area (Å²) in [4.78, 5) is 14.6. The van der Waals surface area contributed by atoms with E-state index in [4.69, 9.17) is 11.6 Å². The molecule has 1 aliphatic heterocycles. The largest absolute Gasteiger partial charge is 0.339 e. The first-order valence-corrected chi connectivity index (χ1v) is 10.8. The summed E-state index contributed by atoms with van der Waals surface area (Å²) in [5.41, 5.74) is 2.31. The van der Waals surface area contributed by atoms with Gasteiger partial charge in [-0.1, -0.05) is 35.4 Å². The predicted octanol–water partition coefficient (Wildman–Crippen LogP) is 3.54. The number of halogens is 1. The van der Waals surface area contributed by atoms with E-state index in [1.165, 1.54) is 0 Å². The quantitative estimate of drug-likeness (QED) is 0.844. The van der Waals surface area contributed by atoms with Gasteiger partial charge in [-0.05, 0) is 56.5 Å². The van der Waals surface area contributed by atoms with Gasteiger partial charge in [-0.2, -0.15) is 0 Å². The van der Waals surface area contributed by atoms with Crippen molar-refractivity contribution < 1.29 is 13.2 Å². The van der Waals surface area contributed by atoms with E-state index in [1.807, 2.05) is 13.0 Å². The number of benzene rings is 2. The smallest absolute Gasteiger partial charge is 0.253 e. The third kappa shape index (κ3) is 4.69. The van der Waals surface area contributed by atoms with Crippen molar-refractivity contribution >= 4 is 27.5 Å². The molecule has 0 spiro atoms. The number of amides is 1. The maximum Gasteiger partial charge on any atom is 0.253 e. The minimum Gasteiger partial charge on any atom is -0.339 e. The Hall–Kier alpha value is -1.89. The Morgan fingerprint density at radius 3 is 2.44 bits per heavy atom. The fourth-order valence-corrected chi connectivity index (χ4v) is 5.11. The molecule has 144 valence electrons. The summed E-state index contributed by atoms with van der Waals surface area (Å²) in [6.07, 6.45) is 1.16. The molecule has 0 unspecified atom stereocenters. The monoisotopic (exact) mass is 406 g/mol. The number of sulfonamides is 1. The summed E-state index contributed by atoms with van der Waals surface area (Å²) in [6.45, 7) is 4.74. The van der Waals surface area contributed by atoms with Crippen LogP contribution in [0.4, 0.5) is 0 Å². The van der Waals surface area contributed by atoms with E-state index in [0.717, 1.165) is 11.1 Å². The van der Waals surface area contributed by atoms with Crippen molar-refractivity contribution in [3.05, 3.63) is 64.2 Å². The summed E-state index contributed by atoms with van der Waals surface area (Å²) >= 11 is 5.96. The Morgan fingerprint density at radius 2 is 1.81 bits per heavy atom. The second kappa shape index (κ2) is 8.00. The molecule has 1 aliphatic rings. The number of piperidine rings is 1. The van der Waals surface area contributed by atoms with E-state index in [1.54, 1.807) is 48.2 Å². The fraction of sp³-hybridized carbons (Fsp3) is 0.350. The van der Waals surface area contributed by atoms with Gasteiger partial charge >= 0.3 is 0 Å². The van der Waals surface area contributed by atoms with Crippen molar-refractivity contribution in [2.45, 2.75) is 37.6 Å². The molecular weight excluding hydrogens is 384 g/mol. The summed E-state index contributed by atoms with van der Waals surface area (Å²) in [5, 5.41) is 0.525. The number of likely N-dealkylation sites (tertiary alicyclic amines) is 1. The Balaban J connectivity index is 1.63. The van der Waals surface area contributed by atoms with Crippen molar-refractivity contribution in [2.75, 3.05) is 13.1 Å². The van der Waals surface area contributed by atoms with E-state index >= 15 is 0 Å². The molecule has 0 atom stereocenters. The Labute approximate surface area is 165 Å². The number of nitrogens with one attached hydrogen (secondary N) is 1. The van der Waals surface area contributed by atoms with Crippen LogP contribution in [0.2, 0.25) is 5.02 Å². The third-order valence-corrected chi connectivity index (χ3v) is 6.71. The van der Waals surface area contributed by atoms with E-state index in [0.29, 0.717) is 41.4 Å². The van der Waals surface area contributed by atoms with Crippen LogP contribution in [0.5, 0.6) is 0 Å². The summed E-state index contributed by atoms with van der Waals surface area (Å²) in [7, 11) is -3.57. The van der Waals surface area contributed by atoms with E-state index in [9.17, 15) is 13.2 Å². The van der Waals surface area contributed by atoms with Gasteiger partial charge < -0.3 is 4.90 Å². The number of hydrogen-bond acceptors (Lipinski definition) is 3. The van der Waals surface area contributed by atoms with Gasteiger partial charge in [0.05, 0.1) is 4.90 Å². The predicted molar refractivity (Wildman–Crippen MR) is 107 cm³/mol. The Morgan fingerprint density at radius 1 is 1.11 bits per heavy atom. The van der Waals surface area contributed by atoms with Crippen LogP contribution < -0.4 is 4.72 Å². The molecule has 1 fully saturated rings. The van der Waals surface area contributed by atoms with E-state index < -0.39 is 10.0 Å². The number of hydrogen-bond donors (Lipinski definition) is 1. The maximum atomic E-state index is 12.7. The standard InChI is InChI=1S/C20H23ClN2O3S/c1-14-6-7-19(15(2)12-14)27(25,26)22-18-8-10-23(11-9-18)20(24)16-4-3-5-17(21)13-16/h3-7,12-13,18,22H,8-11H2,1-2H3. The molecule has 1 N–H and O–H groups in total. The molecule has 0 aliphatic carbocycles. The minimum absolute atomic E-state index is 0.0758. The van der Waals surface area contributed by atoms with Crippen LogP contribution in [0.15, 0.2) is 47.4 Å². The Kier molecular flexibility index (Phi) is 5.89. The molecule has 2 aromatic carbocycles. The highest BCUT2D eigenvalue weighted by Gasteiger charge is 2.27. The van der Waals surface area contributed by atoms with Crippen LogP contribution in [0.1, 0.15) is 34.3 Å². The van der Waals surface area contributed by atoms with Gasteiger partial charge in [-0.25, -0.2) is 13.1 Å². The molecular formula is C20H23ClN2O3S. The van der Waals surface area contributed by atoms with Gasteiger partial charge in [0, 0.05) is 29.7 Å². The van der Waals surface area contributed by atoms with Gasteiger partial charge in [-0.3, -0.25) is 4.79 Å². The first-order valence-electron chi connectivity index (χ1n) is 8.91. The van der Waals surface area contributed by atoms with Crippen LogP contribution in [0, 0.1) is 13.8 Å². The topological polar surface area (TPSA) is 66.5 Å². The molecule has 1 saturated heterocycles. The normalized spacial score (nSPS) is 15.7. The fourth-order valence-electron chi connectivity index (χ4n) is 3.39. The highest BCUT2D eigenvalue weighted by atomic mass is 35.5. The summed E-state index contributed by atoms with van der Waals surface area (Å²) in [5.74, 6) is -0.0758. The van der Waals surface area contributed by atoms with Crippen molar-refractivity contribution in [1.29, 1.82) is 0 Å². The number of rotatable bonds is 4. The average Bonchev–Trinajstić information content (AvgIpc) is 2.61. The number of nitrogens with zero attached hydrogens (tertiary/aromatic N) is 1.